The van der Waals surface area contributed by atoms with E-state index in [9.17, 15) is 21.7 Å². The first-order valence-corrected chi connectivity index (χ1v) is 25.5. The van der Waals surface area contributed by atoms with Gasteiger partial charge in [0, 0.05) is 70.3 Å². The van der Waals surface area contributed by atoms with Crippen LogP contribution in [0.5, 0.6) is 0 Å². The second-order valence-corrected chi connectivity index (χ2v) is 23.9. The monoisotopic (exact) mass is 911 g/mol. The molecule has 3 N–H and O–H groups in total. The number of fused-ring (bicyclic) bond motifs is 2. The number of nitrogens with one attached hydrogen (secondary N) is 1. The highest BCUT2D eigenvalue weighted by Crippen LogP contribution is 2.49. The number of nitrogens with zero attached hydrogens (tertiary/aromatic N) is 4. The zero-order valence-corrected chi connectivity index (χ0v) is 41.4. The minimum Gasteiger partial charge on any atom is -0.774 e. The lowest BCUT2D eigenvalue weighted by Gasteiger charge is -2.29. The highest BCUT2D eigenvalue weighted by atomic mass is 32.2. The van der Waals surface area contributed by atoms with Crippen molar-refractivity contribution in [3.8, 4) is 0 Å². The average molecular weight is 912 g/mol. The quantitative estimate of drug-likeness (QED) is 0.0470. The summed E-state index contributed by atoms with van der Waals surface area (Å²) in [6, 6.07) is 18.2. The number of rotatable bonds is 17. The summed E-state index contributed by atoms with van der Waals surface area (Å²) in [5.74, 6) is 3.46. The number of hydrogen-bond donors (Lipinski definition) is 2. The van der Waals surface area contributed by atoms with Crippen molar-refractivity contribution in [3.05, 3.63) is 124 Å². The van der Waals surface area contributed by atoms with E-state index in [1.54, 1.807) is 24.3 Å². The molecule has 3 aromatic carbocycles. The molecule has 6 rings (SSSR count). The molecule has 0 spiro atoms. The molecular weight excluding hydrogens is 841 g/mol. The third-order valence-electron chi connectivity index (χ3n) is 12.9. The van der Waals surface area contributed by atoms with Gasteiger partial charge in [-0.15, -0.1) is 0 Å². The topological polar surface area (TPSA) is 142 Å². The number of quaternary nitrogens is 2. The molecule has 13 heteroatoms. The molecule has 64 heavy (non-hydrogen) atoms. The van der Waals surface area contributed by atoms with Crippen LogP contribution in [0.15, 0.2) is 117 Å². The van der Waals surface area contributed by atoms with Gasteiger partial charge in [0.15, 0.2) is 12.3 Å². The lowest BCUT2D eigenvalue weighted by atomic mass is 9.81. The first-order chi connectivity index (χ1) is 29.7. The molecular formula is C51H71N6O5S2+. The summed E-state index contributed by atoms with van der Waals surface area (Å²) in [7, 11) is 4.85. The molecule has 1 unspecified atom stereocenters. The standard InChI is InChI=1S/C51H70N6O5S2/c1-50(2)43-35-41(63(11,58)59)23-25-45(43)54(31-13-33-56(5,6)7)47(50)27-19-38-15-12-16-39(49(38)53-30-29-37-17-21-40(52)22-18-37)20-28-48-51(3,4)44-36-42(64(60,61)62)24-26-46(44)55(48)32-14-34-57(8,9)10/h17-28,35-36H,11-16,29-34,52H2,1-10H3/p+1. The van der Waals surface area contributed by atoms with Crippen molar-refractivity contribution in [1.82, 2.24) is 5.32 Å². The van der Waals surface area contributed by atoms with Crippen LogP contribution < -0.4 is 16.0 Å². The van der Waals surface area contributed by atoms with Crippen molar-refractivity contribution >= 4 is 48.6 Å². The summed E-state index contributed by atoms with van der Waals surface area (Å²) in [5, 5.41) is 3.87. The fourth-order valence-corrected chi connectivity index (χ4v) is 10.5. The van der Waals surface area contributed by atoms with Crippen molar-refractivity contribution in [2.45, 2.75) is 86.8 Å². The summed E-state index contributed by atoms with van der Waals surface area (Å²) in [6.45, 7) is 12.7. The normalized spacial score (nSPS) is 19.8. The number of hydrogen-bond acceptors (Lipinski definition) is 8. The Morgan fingerprint density at radius 3 is 2.09 bits per heavy atom. The van der Waals surface area contributed by atoms with Crippen LogP contribution in [0.1, 0.15) is 76.5 Å². The van der Waals surface area contributed by atoms with Crippen LogP contribution in [0.2, 0.25) is 0 Å². The van der Waals surface area contributed by atoms with Gasteiger partial charge >= 0.3 is 0 Å². The molecule has 3 aliphatic rings. The van der Waals surface area contributed by atoms with Gasteiger partial charge in [-0.25, -0.2) is 8.42 Å². The zero-order chi connectivity index (χ0) is 47.0. The molecule has 0 aromatic heterocycles. The molecule has 0 saturated heterocycles. The third kappa shape index (κ3) is 11.3. The van der Waals surface area contributed by atoms with E-state index in [0.29, 0.717) is 6.54 Å². The van der Waals surface area contributed by atoms with Gasteiger partial charge in [-0.1, -0.05) is 53.8 Å². The van der Waals surface area contributed by atoms with Gasteiger partial charge in [-0.05, 0) is 110 Å². The van der Waals surface area contributed by atoms with Gasteiger partial charge in [0.05, 0.1) is 72.1 Å². The highest BCUT2D eigenvalue weighted by molar-refractivity contribution is 7.95. The van der Waals surface area contributed by atoms with Gasteiger partial charge in [-0.3, -0.25) is 4.21 Å². The first-order valence-electron chi connectivity index (χ1n) is 22.4. The van der Waals surface area contributed by atoms with Crippen molar-refractivity contribution in [3.63, 3.8) is 0 Å². The zero-order valence-electron chi connectivity index (χ0n) is 39.8. The maximum Gasteiger partial charge on any atom is 0.209 e. The van der Waals surface area contributed by atoms with Crippen LogP contribution in [0, 0.1) is 0 Å². The number of allylic oxidation sites excluding steroid dienone is 7. The van der Waals surface area contributed by atoms with E-state index in [1.807, 2.05) is 18.2 Å². The number of anilines is 2. The molecule has 3 aromatic rings. The summed E-state index contributed by atoms with van der Waals surface area (Å²) in [4.78, 5) is 2.31. The maximum absolute atomic E-state index is 12.6. The fourth-order valence-electron chi connectivity index (χ4n) is 9.41. The Kier molecular flexibility index (Phi) is 14.1. The van der Waals surface area contributed by atoms with E-state index in [4.69, 9.17) is 5.73 Å². The molecule has 0 radical (unpaired) electrons. The van der Waals surface area contributed by atoms with Gasteiger partial charge < -0.3 is 34.0 Å². The van der Waals surface area contributed by atoms with Crippen LogP contribution in [-0.4, -0.2) is 122 Å². The van der Waals surface area contributed by atoms with Crippen LogP contribution in [-0.2, 0) is 37.2 Å². The number of nitrogen functional groups attached to an aromatic ring is 1. The van der Waals surface area contributed by atoms with E-state index >= 15 is 0 Å². The summed E-state index contributed by atoms with van der Waals surface area (Å²) in [5.41, 5.74) is 16.3. The predicted molar refractivity (Wildman–Crippen MR) is 262 cm³/mol. The van der Waals surface area contributed by atoms with E-state index in [-0.39, 0.29) is 9.79 Å². The average Bonchev–Trinajstić information content (AvgIpc) is 3.53. The van der Waals surface area contributed by atoms with Crippen molar-refractivity contribution < 1.29 is 35.3 Å². The summed E-state index contributed by atoms with van der Waals surface area (Å²) in [6.07, 6.45) is 14.3. The lowest BCUT2D eigenvalue weighted by Crippen LogP contribution is -2.37. The molecule has 0 fully saturated rings. The van der Waals surface area contributed by atoms with Crippen molar-refractivity contribution in [2.75, 3.05) is 85.6 Å². The summed E-state index contributed by atoms with van der Waals surface area (Å²) >= 11 is 0. The molecule has 0 amide bonds. The smallest absolute Gasteiger partial charge is 0.209 e. The molecule has 346 valence electrons. The van der Waals surface area contributed by atoms with Crippen molar-refractivity contribution in [1.29, 1.82) is 0 Å². The molecule has 2 heterocycles. The second kappa shape index (κ2) is 18.4. The van der Waals surface area contributed by atoms with Gasteiger partial charge in [0.25, 0.3) is 0 Å². The molecule has 11 nitrogen and oxygen atoms in total. The number of nitrogens with two attached hydrogens (primary N) is 1. The maximum atomic E-state index is 12.6. The Labute approximate surface area is 384 Å². The van der Waals surface area contributed by atoms with E-state index < -0.39 is 30.8 Å². The van der Waals surface area contributed by atoms with Crippen LogP contribution in [0.3, 0.4) is 0 Å². The Hall–Kier alpha value is -4.50. The lowest BCUT2D eigenvalue weighted by molar-refractivity contribution is -0.871. The molecule has 0 bridgehead atoms. The third-order valence-corrected chi connectivity index (χ3v) is 14.7. The number of benzene rings is 3. The Balaban J connectivity index is 1.45. The molecule has 1 atom stereocenters. The summed E-state index contributed by atoms with van der Waals surface area (Å²) < 4.78 is 66.0. The van der Waals surface area contributed by atoms with Gasteiger partial charge in [-0.2, -0.15) is 4.58 Å². The van der Waals surface area contributed by atoms with Crippen LogP contribution in [0.25, 0.3) is 0 Å². The molecule has 2 aliphatic heterocycles. The predicted octanol–water partition coefficient (Wildman–Crippen LogP) is 7.38. The fraction of sp³-hybridized carbons (Fsp3) is 0.451. The highest BCUT2D eigenvalue weighted by Gasteiger charge is 2.45. The van der Waals surface area contributed by atoms with Crippen molar-refractivity contribution in [2.24, 2.45) is 0 Å². The first kappa shape index (κ1) is 48.9. The minimum atomic E-state index is -4.64. The van der Waals surface area contributed by atoms with Gasteiger partial charge in [0.1, 0.15) is 10.1 Å². The molecule has 1 aliphatic carbocycles. The van der Waals surface area contributed by atoms with E-state index in [1.165, 1.54) is 22.8 Å². The Morgan fingerprint density at radius 2 is 1.45 bits per heavy atom. The van der Waals surface area contributed by atoms with Crippen LogP contribution in [0.4, 0.5) is 17.1 Å². The second-order valence-electron chi connectivity index (χ2n) is 20.8. The minimum absolute atomic E-state index is 0.212. The Morgan fingerprint density at radius 1 is 0.812 bits per heavy atom. The van der Waals surface area contributed by atoms with Crippen LogP contribution >= 0.6 is 0 Å². The van der Waals surface area contributed by atoms with Gasteiger partial charge in [0.2, 0.25) is 5.69 Å². The SMILES string of the molecule is C=S(=O)([O-])c1ccc2c(c1)C(C)(C)C(C=CC1=C(NCCc3ccc(N)cc3)C(=CC=C3N(CCC[N+](C)(C)C)c4ccc(S(=O)(=O)[O-])cc4C3(C)C)CCC1)=[N+]2CCC[N+](C)(C)C. The van der Waals surface area contributed by atoms with E-state index in [2.05, 4.69) is 127 Å². The Bertz CT molecular complexity index is 2640. The molecule has 0 saturated carbocycles. The largest absolute Gasteiger partial charge is 0.774 e. The van der Waals surface area contributed by atoms with E-state index in [0.717, 1.165) is 119 Å².